The van der Waals surface area contributed by atoms with Gasteiger partial charge in [-0.3, -0.25) is 18.8 Å². The molecule has 4 aromatic rings. The fourth-order valence-electron chi connectivity index (χ4n) is 6.65. The summed E-state index contributed by atoms with van der Waals surface area (Å²) >= 11 is 0. The first-order chi connectivity index (χ1) is 22.3. The van der Waals surface area contributed by atoms with Crippen LogP contribution in [-0.4, -0.2) is 77.1 Å². The Labute approximate surface area is 274 Å². The van der Waals surface area contributed by atoms with Crippen LogP contribution < -0.4 is 5.56 Å². The molecule has 0 aliphatic carbocycles. The van der Waals surface area contributed by atoms with Crippen molar-refractivity contribution >= 4 is 23.0 Å². The summed E-state index contributed by atoms with van der Waals surface area (Å²) < 4.78 is 8.67. The van der Waals surface area contributed by atoms with E-state index in [1.807, 2.05) is 68.1 Å². The number of piperidine rings is 1. The first kappa shape index (κ1) is 32.4. The van der Waals surface area contributed by atoms with E-state index in [-0.39, 0.29) is 35.5 Å². The summed E-state index contributed by atoms with van der Waals surface area (Å²) in [6.07, 6.45) is 3.02. The van der Waals surface area contributed by atoms with E-state index in [2.05, 4.69) is 23.1 Å². The first-order valence-electron chi connectivity index (χ1n) is 16.4. The van der Waals surface area contributed by atoms with E-state index >= 15 is 0 Å². The summed E-state index contributed by atoms with van der Waals surface area (Å²) in [5.41, 5.74) is 3.68. The zero-order valence-corrected chi connectivity index (χ0v) is 27.9. The molecule has 2 amide bonds. The minimum atomic E-state index is -1.13. The fraction of sp³-hybridized carbons (Fsp3) is 0.472. The molecule has 4 heterocycles. The van der Waals surface area contributed by atoms with Crippen LogP contribution in [0.5, 0.6) is 0 Å². The van der Waals surface area contributed by atoms with E-state index in [0.717, 1.165) is 27.9 Å². The molecule has 2 aliphatic rings. The van der Waals surface area contributed by atoms with Crippen LogP contribution in [0.3, 0.4) is 0 Å². The minimum Gasteiger partial charge on any atom is -0.444 e. The van der Waals surface area contributed by atoms with Crippen molar-refractivity contribution in [2.75, 3.05) is 19.6 Å². The summed E-state index contributed by atoms with van der Waals surface area (Å²) in [7, 11) is 1.80. The third-order valence-electron chi connectivity index (χ3n) is 9.32. The molecule has 0 bridgehead atoms. The summed E-state index contributed by atoms with van der Waals surface area (Å²) in [5, 5.41) is 16.0. The largest absolute Gasteiger partial charge is 0.444 e. The van der Waals surface area contributed by atoms with Gasteiger partial charge in [-0.05, 0) is 68.7 Å². The van der Waals surface area contributed by atoms with Crippen molar-refractivity contribution in [1.29, 1.82) is 0 Å². The van der Waals surface area contributed by atoms with Gasteiger partial charge in [-0.25, -0.2) is 9.78 Å². The smallest absolute Gasteiger partial charge is 0.410 e. The van der Waals surface area contributed by atoms with E-state index < -0.39 is 11.2 Å². The maximum absolute atomic E-state index is 13.6. The predicted molar refractivity (Wildman–Crippen MR) is 179 cm³/mol. The molecule has 1 atom stereocenters. The molecule has 2 aromatic carbocycles. The highest BCUT2D eigenvalue weighted by Crippen LogP contribution is 2.31. The van der Waals surface area contributed by atoms with Gasteiger partial charge < -0.3 is 19.6 Å². The van der Waals surface area contributed by atoms with Gasteiger partial charge in [0.2, 0.25) is 5.91 Å². The Balaban J connectivity index is 1.14. The SMILES string of the molecule is C[C@H](CC(=O)N1CCC(O)(Cn2cnc3c(-c4ccc5c(c4)CCN(C(=O)OC(C)(C)C)C5)n(C)nc3c2=O)CC1)c1ccccc1. The third kappa shape index (κ3) is 6.95. The number of carbonyl (C=O) groups is 2. The summed E-state index contributed by atoms with van der Waals surface area (Å²) in [6, 6.07) is 16.1. The van der Waals surface area contributed by atoms with Crippen LogP contribution in [0.4, 0.5) is 4.79 Å². The van der Waals surface area contributed by atoms with E-state index in [1.54, 1.807) is 16.6 Å². The highest BCUT2D eigenvalue weighted by Gasteiger charge is 2.35. The van der Waals surface area contributed by atoms with Crippen LogP contribution in [0.15, 0.2) is 59.7 Å². The van der Waals surface area contributed by atoms with Crippen molar-refractivity contribution in [3.63, 3.8) is 0 Å². The molecule has 2 aliphatic heterocycles. The third-order valence-corrected chi connectivity index (χ3v) is 9.32. The van der Waals surface area contributed by atoms with Crippen LogP contribution in [0, 0.1) is 0 Å². The fourth-order valence-corrected chi connectivity index (χ4v) is 6.65. The van der Waals surface area contributed by atoms with Gasteiger partial charge >= 0.3 is 6.09 Å². The van der Waals surface area contributed by atoms with E-state index in [1.165, 1.54) is 10.9 Å². The molecule has 1 saturated heterocycles. The van der Waals surface area contributed by atoms with E-state index in [0.29, 0.717) is 57.4 Å². The maximum atomic E-state index is 13.6. The number of aliphatic hydroxyl groups is 1. The molecule has 11 heteroatoms. The van der Waals surface area contributed by atoms with Crippen molar-refractivity contribution in [2.45, 2.75) is 83.6 Å². The van der Waals surface area contributed by atoms with E-state index in [9.17, 15) is 19.5 Å². The maximum Gasteiger partial charge on any atom is 0.410 e. The van der Waals surface area contributed by atoms with Gasteiger partial charge in [-0.1, -0.05) is 49.4 Å². The Bertz CT molecular complexity index is 1850. The molecular weight excluding hydrogens is 596 g/mol. The van der Waals surface area contributed by atoms with Crippen molar-refractivity contribution in [3.05, 3.63) is 81.9 Å². The molecule has 0 radical (unpaired) electrons. The number of benzene rings is 2. The van der Waals surface area contributed by atoms with Gasteiger partial charge in [-0.2, -0.15) is 5.10 Å². The Hall–Kier alpha value is -4.51. The predicted octanol–water partition coefficient (Wildman–Crippen LogP) is 4.64. The van der Waals surface area contributed by atoms with Crippen molar-refractivity contribution in [2.24, 2.45) is 7.05 Å². The number of hydrogen-bond donors (Lipinski definition) is 1. The lowest BCUT2D eigenvalue weighted by Gasteiger charge is -2.38. The molecule has 0 saturated carbocycles. The Morgan fingerprint density at radius 1 is 1.00 bits per heavy atom. The second-order valence-electron chi connectivity index (χ2n) is 14.1. The molecule has 2 aromatic heterocycles. The standard InChI is InChI=1S/C36H44N6O5/c1-24(25-9-7-6-8-10-25)19-29(43)40-17-14-36(46,15-18-40)22-42-23-37-30-31(33(42)44)38-39(5)32(30)27-11-12-28-21-41(16-13-26(28)20-27)34(45)47-35(2,3)4/h6-12,20,23-24,46H,13-19,21-22H2,1-5H3/t24-/m1/s1. The molecule has 47 heavy (non-hydrogen) atoms. The molecule has 1 N–H and O–H groups in total. The van der Waals surface area contributed by atoms with Crippen molar-refractivity contribution in [3.8, 4) is 11.3 Å². The zero-order valence-electron chi connectivity index (χ0n) is 27.9. The van der Waals surface area contributed by atoms with Gasteiger partial charge in [-0.15, -0.1) is 0 Å². The molecule has 248 valence electrons. The number of amides is 2. The number of fused-ring (bicyclic) bond motifs is 2. The Kier molecular flexibility index (Phi) is 8.69. The van der Waals surface area contributed by atoms with Gasteiger partial charge in [0.1, 0.15) is 11.1 Å². The van der Waals surface area contributed by atoms with Gasteiger partial charge in [0.05, 0.1) is 24.2 Å². The normalized spacial score (nSPS) is 17.0. The van der Waals surface area contributed by atoms with Gasteiger partial charge in [0.15, 0.2) is 5.52 Å². The number of rotatable bonds is 6. The summed E-state index contributed by atoms with van der Waals surface area (Å²) in [6.45, 7) is 9.62. The minimum absolute atomic E-state index is 0.0761. The first-order valence-corrected chi connectivity index (χ1v) is 16.4. The molecule has 6 rings (SSSR count). The zero-order chi connectivity index (χ0) is 33.5. The highest BCUT2D eigenvalue weighted by atomic mass is 16.6. The lowest BCUT2D eigenvalue weighted by atomic mass is 9.90. The molecular formula is C36H44N6O5. The number of aryl methyl sites for hydroxylation is 1. The molecule has 0 unspecified atom stereocenters. The quantitative estimate of drug-likeness (QED) is 0.326. The highest BCUT2D eigenvalue weighted by molar-refractivity contribution is 5.89. The number of ether oxygens (including phenoxy) is 1. The lowest BCUT2D eigenvalue weighted by Crippen LogP contribution is -2.49. The van der Waals surface area contributed by atoms with Crippen LogP contribution in [-0.2, 0) is 36.1 Å². The van der Waals surface area contributed by atoms with Crippen molar-refractivity contribution < 1.29 is 19.4 Å². The van der Waals surface area contributed by atoms with Crippen LogP contribution in [0.2, 0.25) is 0 Å². The van der Waals surface area contributed by atoms with Gasteiger partial charge in [0, 0.05) is 45.2 Å². The second kappa shape index (κ2) is 12.6. The summed E-state index contributed by atoms with van der Waals surface area (Å²) in [5.74, 6) is 0.187. The number of nitrogens with zero attached hydrogens (tertiary/aromatic N) is 6. The number of aromatic nitrogens is 4. The average molecular weight is 641 g/mol. The number of hydrogen-bond acceptors (Lipinski definition) is 7. The number of likely N-dealkylation sites (tertiary alicyclic amines) is 1. The van der Waals surface area contributed by atoms with Crippen LogP contribution >= 0.6 is 0 Å². The Morgan fingerprint density at radius 2 is 1.72 bits per heavy atom. The monoisotopic (exact) mass is 640 g/mol. The van der Waals surface area contributed by atoms with E-state index in [4.69, 9.17) is 4.74 Å². The van der Waals surface area contributed by atoms with Crippen LogP contribution in [0.25, 0.3) is 22.3 Å². The second-order valence-corrected chi connectivity index (χ2v) is 14.1. The molecule has 11 nitrogen and oxygen atoms in total. The Morgan fingerprint density at radius 3 is 2.43 bits per heavy atom. The topological polar surface area (TPSA) is 123 Å². The average Bonchev–Trinajstić information content (AvgIpc) is 3.38. The van der Waals surface area contributed by atoms with Gasteiger partial charge in [0.25, 0.3) is 5.56 Å². The summed E-state index contributed by atoms with van der Waals surface area (Å²) in [4.78, 5) is 47.4. The number of carbonyl (C=O) groups excluding carboxylic acids is 2. The lowest BCUT2D eigenvalue weighted by molar-refractivity contribution is -0.136. The molecule has 0 spiro atoms. The molecule has 1 fully saturated rings. The van der Waals surface area contributed by atoms with Crippen molar-refractivity contribution in [1.82, 2.24) is 29.1 Å². The van der Waals surface area contributed by atoms with Crippen LogP contribution in [0.1, 0.15) is 69.6 Å².